The minimum Gasteiger partial charge on any atom is -0.468 e. The zero-order chi connectivity index (χ0) is 24.8. The van der Waals surface area contributed by atoms with Crippen LogP contribution >= 0.6 is 23.2 Å². The second kappa shape index (κ2) is 11.8. The molecule has 1 heterocycles. The molecule has 9 heteroatoms. The second-order valence-corrected chi connectivity index (χ2v) is 9.55. The number of hydrogen-bond acceptors (Lipinski definition) is 6. The van der Waals surface area contributed by atoms with Crippen LogP contribution < -0.4 is 14.9 Å². The van der Waals surface area contributed by atoms with Gasteiger partial charge in [-0.1, -0.05) is 35.3 Å². The zero-order valence-corrected chi connectivity index (χ0v) is 22.1. The summed E-state index contributed by atoms with van der Waals surface area (Å²) >= 11 is 12.1. The van der Waals surface area contributed by atoms with E-state index in [0.717, 1.165) is 16.9 Å². The Labute approximate surface area is 207 Å². The number of halogens is 2. The molecule has 6 nitrogen and oxygen atoms in total. The molecule has 1 aliphatic rings. The highest BCUT2D eigenvalue weighted by Gasteiger charge is 2.53. The van der Waals surface area contributed by atoms with Crippen LogP contribution in [-0.4, -0.2) is 46.1 Å². The van der Waals surface area contributed by atoms with E-state index in [1.165, 1.54) is 0 Å². The van der Waals surface area contributed by atoms with Crippen LogP contribution in [0, 0.1) is 13.8 Å². The largest absolute Gasteiger partial charge is 0.500 e. The average molecular weight is 499 g/mol. The third-order valence-corrected chi connectivity index (χ3v) is 6.20. The Balaban J connectivity index is 0.000000273. The van der Waals surface area contributed by atoms with Crippen LogP contribution in [-0.2, 0) is 18.8 Å². The summed E-state index contributed by atoms with van der Waals surface area (Å²) in [4.78, 5) is 0. The van der Waals surface area contributed by atoms with E-state index < -0.39 is 18.3 Å². The molecule has 33 heavy (non-hydrogen) atoms. The highest BCUT2D eigenvalue weighted by molar-refractivity contribution is 6.66. The van der Waals surface area contributed by atoms with Gasteiger partial charge in [0.25, 0.3) is 0 Å². The highest BCUT2D eigenvalue weighted by Crippen LogP contribution is 2.38. The molecule has 0 saturated carbocycles. The molecule has 2 aromatic carbocycles. The van der Waals surface area contributed by atoms with Crippen molar-refractivity contribution in [1.82, 2.24) is 0 Å². The van der Waals surface area contributed by atoms with Gasteiger partial charge < -0.3 is 28.3 Å². The molecule has 1 saturated heterocycles. The van der Waals surface area contributed by atoms with Gasteiger partial charge in [-0.2, -0.15) is 0 Å². The van der Waals surface area contributed by atoms with Gasteiger partial charge in [-0.05, 0) is 70.9 Å². The molecule has 1 aliphatic heterocycles. The quantitative estimate of drug-likeness (QED) is 0.368. The smallest absolute Gasteiger partial charge is 0.468 e. The van der Waals surface area contributed by atoms with E-state index in [9.17, 15) is 0 Å². The summed E-state index contributed by atoms with van der Waals surface area (Å²) in [5.41, 5.74) is 1.87. The first-order valence-corrected chi connectivity index (χ1v) is 11.3. The Morgan fingerprint density at radius 2 is 1.36 bits per heavy atom. The molecular weight excluding hydrogens is 466 g/mol. The molecule has 0 aromatic heterocycles. The number of rotatable bonds is 7. The summed E-state index contributed by atoms with van der Waals surface area (Å²) in [5.74, 6) is 1.42. The van der Waals surface area contributed by atoms with Gasteiger partial charge in [-0.3, -0.25) is 0 Å². The Morgan fingerprint density at radius 1 is 0.818 bits per heavy atom. The molecule has 0 amide bonds. The lowest BCUT2D eigenvalue weighted by atomic mass is 9.77. The third-order valence-electron chi connectivity index (χ3n) is 5.63. The normalized spacial score (nSPS) is 16.2. The summed E-state index contributed by atoms with van der Waals surface area (Å²) in [7, 11) is 2.60. The molecule has 1 fully saturated rings. The van der Waals surface area contributed by atoms with Gasteiger partial charge in [0.15, 0.2) is 13.6 Å². The molecule has 0 N–H and O–H groups in total. The van der Waals surface area contributed by atoms with Crippen molar-refractivity contribution in [2.24, 2.45) is 0 Å². The summed E-state index contributed by atoms with van der Waals surface area (Å²) in [6.45, 7) is 12.3. The number of aryl methyl sites for hydroxylation is 2. The number of ether oxygens (including phenoxy) is 4. The van der Waals surface area contributed by atoms with E-state index in [4.69, 9.17) is 51.5 Å². The monoisotopic (exact) mass is 498 g/mol. The summed E-state index contributed by atoms with van der Waals surface area (Å²) in [6, 6.07) is 9.25. The van der Waals surface area contributed by atoms with E-state index >= 15 is 0 Å². The van der Waals surface area contributed by atoms with Gasteiger partial charge in [0.05, 0.1) is 11.2 Å². The van der Waals surface area contributed by atoms with Crippen molar-refractivity contribution >= 4 is 35.8 Å². The topological polar surface area (TPSA) is 55.4 Å². The maximum atomic E-state index is 6.37. The molecule has 0 aliphatic carbocycles. The summed E-state index contributed by atoms with van der Waals surface area (Å²) in [6.07, 6.45) is 0. The molecule has 0 radical (unpaired) electrons. The van der Waals surface area contributed by atoms with E-state index in [2.05, 4.69) is 0 Å². The van der Waals surface area contributed by atoms with Crippen LogP contribution in [0.5, 0.6) is 11.5 Å². The number of hydrogen-bond donors (Lipinski definition) is 0. The second-order valence-electron chi connectivity index (χ2n) is 8.71. The van der Waals surface area contributed by atoms with Crippen LogP contribution in [0.15, 0.2) is 30.3 Å². The van der Waals surface area contributed by atoms with Crippen molar-refractivity contribution in [2.75, 3.05) is 27.8 Å². The molecule has 182 valence electrons. The van der Waals surface area contributed by atoms with E-state index in [1.807, 2.05) is 65.8 Å². The van der Waals surface area contributed by atoms with E-state index in [-0.39, 0.29) is 13.6 Å². The Morgan fingerprint density at radius 3 is 1.94 bits per heavy atom. The average Bonchev–Trinajstić information content (AvgIpc) is 2.96. The fraction of sp³-hybridized carbons (Fsp3) is 0.500. The maximum absolute atomic E-state index is 6.37. The molecule has 0 atom stereocenters. The molecule has 3 rings (SSSR count). The molecule has 2 aromatic rings. The van der Waals surface area contributed by atoms with Gasteiger partial charge in [0.2, 0.25) is 0 Å². The number of methoxy groups -OCH3 is 2. The Kier molecular flexibility index (Phi) is 9.91. The first-order chi connectivity index (χ1) is 15.4. The lowest BCUT2D eigenvalue weighted by Crippen LogP contribution is -2.41. The summed E-state index contributed by atoms with van der Waals surface area (Å²) in [5, 5.41) is 1.23. The lowest BCUT2D eigenvalue weighted by Gasteiger charge is -2.32. The molecule has 0 bridgehead atoms. The Bertz CT molecular complexity index is 919. The minimum atomic E-state index is -0.561. The lowest BCUT2D eigenvalue weighted by molar-refractivity contribution is 0.00578. The molecule has 0 spiro atoms. The van der Waals surface area contributed by atoms with Crippen molar-refractivity contribution in [1.29, 1.82) is 0 Å². The van der Waals surface area contributed by atoms with Crippen LogP contribution in [0.4, 0.5) is 0 Å². The van der Waals surface area contributed by atoms with E-state index in [0.29, 0.717) is 21.3 Å². The van der Waals surface area contributed by atoms with Crippen molar-refractivity contribution in [3.05, 3.63) is 51.5 Å². The molecule has 0 unspecified atom stereocenters. The minimum absolute atomic E-state index is 0.147. The van der Waals surface area contributed by atoms with Crippen molar-refractivity contribution < 1.29 is 28.3 Å². The predicted octanol–water partition coefficient (Wildman–Crippen LogP) is 5.56. The zero-order valence-electron chi connectivity index (χ0n) is 20.6. The fourth-order valence-electron chi connectivity index (χ4n) is 3.03. The van der Waals surface area contributed by atoms with Crippen molar-refractivity contribution in [2.45, 2.75) is 52.7 Å². The highest BCUT2D eigenvalue weighted by atomic mass is 35.5. The first-order valence-electron chi connectivity index (χ1n) is 10.6. The Hall–Kier alpha value is -1.48. The third kappa shape index (κ3) is 7.01. The fourth-order valence-corrected chi connectivity index (χ4v) is 3.43. The van der Waals surface area contributed by atoms with Gasteiger partial charge >= 0.3 is 7.12 Å². The number of benzene rings is 2. The van der Waals surface area contributed by atoms with Crippen LogP contribution in [0.2, 0.25) is 10.0 Å². The van der Waals surface area contributed by atoms with Crippen LogP contribution in [0.3, 0.4) is 0 Å². The van der Waals surface area contributed by atoms with Gasteiger partial charge in [-0.15, -0.1) is 0 Å². The van der Waals surface area contributed by atoms with Gasteiger partial charge in [0, 0.05) is 29.7 Å². The van der Waals surface area contributed by atoms with Crippen molar-refractivity contribution in [3.8, 4) is 11.5 Å². The van der Waals surface area contributed by atoms with Crippen molar-refractivity contribution in [3.63, 3.8) is 0 Å². The van der Waals surface area contributed by atoms with Crippen LogP contribution in [0.25, 0.3) is 0 Å². The van der Waals surface area contributed by atoms with Gasteiger partial charge in [0.1, 0.15) is 11.5 Å². The standard InChI is InChI=1S/C15H22BClO4.C9H11ClO2/c1-10-7-8-11(17)12(13(10)19-9-18-6)16-20-14(2,3)15(4,5)21-16;1-7-3-4-8(10)5-9(7)12-6-11-2/h7-8H,9H2,1-6H3;3-5H,6H2,1-2H3. The predicted molar refractivity (Wildman–Crippen MR) is 133 cm³/mol. The molecular formula is C24H33BCl2O6. The van der Waals surface area contributed by atoms with E-state index in [1.54, 1.807) is 20.3 Å². The first kappa shape index (κ1) is 27.8. The maximum Gasteiger partial charge on any atom is 0.500 e. The summed E-state index contributed by atoms with van der Waals surface area (Å²) < 4.78 is 32.9. The van der Waals surface area contributed by atoms with Gasteiger partial charge in [-0.25, -0.2) is 0 Å². The SMILES string of the molecule is COCOc1c(C)ccc(Cl)c1B1OC(C)(C)C(C)(C)O1.COCOc1cc(Cl)ccc1C. The van der Waals surface area contributed by atoms with Crippen LogP contribution in [0.1, 0.15) is 38.8 Å².